The number of nitrogens with one attached hydrogen (secondary N) is 1. The van der Waals surface area contributed by atoms with Crippen LogP contribution in [0.4, 0.5) is 0 Å². The van der Waals surface area contributed by atoms with E-state index in [0.717, 1.165) is 5.76 Å². The highest BCUT2D eigenvalue weighted by Crippen LogP contribution is 2.16. The lowest BCUT2D eigenvalue weighted by Crippen LogP contribution is -2.29. The molecule has 0 aromatic carbocycles. The number of hydrogen-bond acceptors (Lipinski definition) is 3. The fourth-order valence-corrected chi connectivity index (χ4v) is 2.91. The zero-order chi connectivity index (χ0) is 12.2. The lowest BCUT2D eigenvalue weighted by atomic mass is 10.3. The molecule has 0 aliphatic heterocycles. The zero-order valence-electron chi connectivity index (χ0n) is 9.36. The van der Waals surface area contributed by atoms with Gasteiger partial charge >= 0.3 is 0 Å². The second kappa shape index (κ2) is 5.70. The summed E-state index contributed by atoms with van der Waals surface area (Å²) in [6.45, 7) is 3.56. The van der Waals surface area contributed by atoms with Gasteiger partial charge in [0.05, 0.1) is 11.8 Å². The van der Waals surface area contributed by atoms with Crippen molar-refractivity contribution in [2.24, 2.45) is 0 Å². The molecule has 4 nitrogen and oxygen atoms in total. The fourth-order valence-electron chi connectivity index (χ4n) is 1.32. The van der Waals surface area contributed by atoms with Crippen LogP contribution in [0, 0.1) is 6.92 Å². The number of sulfonamides is 1. The number of halogens is 1. The predicted molar refractivity (Wildman–Crippen MR) is 64.1 cm³/mol. The Kier molecular flexibility index (Phi) is 4.83. The zero-order valence-corrected chi connectivity index (χ0v) is 10.9. The van der Waals surface area contributed by atoms with Crippen molar-refractivity contribution in [1.82, 2.24) is 4.72 Å². The molecule has 1 unspecified atom stereocenters. The number of aryl methyl sites for hydroxylation is 1. The molecule has 0 amide bonds. The van der Waals surface area contributed by atoms with Gasteiger partial charge in [-0.05, 0) is 32.4 Å². The van der Waals surface area contributed by atoms with Gasteiger partial charge in [0.15, 0.2) is 0 Å². The van der Waals surface area contributed by atoms with Crippen molar-refractivity contribution in [3.05, 3.63) is 23.7 Å². The van der Waals surface area contributed by atoms with E-state index in [1.54, 1.807) is 19.1 Å². The molecule has 0 spiro atoms. The Bertz CT molecular complexity index is 427. The third-order valence-electron chi connectivity index (χ3n) is 2.09. The Labute approximate surface area is 101 Å². The summed E-state index contributed by atoms with van der Waals surface area (Å²) in [5.74, 6) is 1.77. The third-order valence-corrected chi connectivity index (χ3v) is 3.90. The summed E-state index contributed by atoms with van der Waals surface area (Å²) in [5.41, 5.74) is 0. The highest BCUT2D eigenvalue weighted by atomic mass is 35.5. The van der Waals surface area contributed by atoms with Gasteiger partial charge in [-0.1, -0.05) is 0 Å². The number of alkyl halides is 1. The van der Waals surface area contributed by atoms with Crippen molar-refractivity contribution in [2.45, 2.75) is 26.3 Å². The molecule has 0 fully saturated rings. The highest BCUT2D eigenvalue weighted by Gasteiger charge is 2.17. The van der Waals surface area contributed by atoms with E-state index in [9.17, 15) is 8.42 Å². The largest absolute Gasteiger partial charge is 0.465 e. The summed E-state index contributed by atoms with van der Waals surface area (Å²) in [7, 11) is -3.28. The van der Waals surface area contributed by atoms with Crippen LogP contribution in [-0.2, 0) is 10.0 Å². The maximum Gasteiger partial charge on any atom is 0.212 e. The van der Waals surface area contributed by atoms with E-state index in [-0.39, 0.29) is 11.8 Å². The Morgan fingerprint density at radius 3 is 2.69 bits per heavy atom. The second-order valence-corrected chi connectivity index (χ2v) is 5.90. The highest BCUT2D eigenvalue weighted by molar-refractivity contribution is 7.89. The maximum absolute atomic E-state index is 11.6. The lowest BCUT2D eigenvalue weighted by Gasteiger charge is -2.11. The monoisotopic (exact) mass is 265 g/mol. The van der Waals surface area contributed by atoms with Crippen molar-refractivity contribution in [1.29, 1.82) is 0 Å². The maximum atomic E-state index is 11.6. The molecule has 0 saturated carbocycles. The molecular weight excluding hydrogens is 250 g/mol. The Balaban J connectivity index is 2.60. The normalized spacial score (nSPS) is 13.9. The van der Waals surface area contributed by atoms with Crippen molar-refractivity contribution < 1.29 is 12.8 Å². The molecular formula is C10H16ClNO3S. The molecule has 0 radical (unpaired) electrons. The quantitative estimate of drug-likeness (QED) is 0.802. The minimum Gasteiger partial charge on any atom is -0.465 e. The van der Waals surface area contributed by atoms with Crippen LogP contribution in [-0.4, -0.2) is 20.1 Å². The lowest BCUT2D eigenvalue weighted by molar-refractivity contribution is 0.441. The van der Waals surface area contributed by atoms with E-state index in [0.29, 0.717) is 18.1 Å². The summed E-state index contributed by atoms with van der Waals surface area (Å²) in [6, 6.07) is 3.22. The summed E-state index contributed by atoms with van der Waals surface area (Å²) < 4.78 is 31.0. The molecule has 1 rings (SSSR count). The summed E-state index contributed by atoms with van der Waals surface area (Å²) in [5, 5.41) is 0. The van der Waals surface area contributed by atoms with E-state index in [1.165, 1.54) is 0 Å². The van der Waals surface area contributed by atoms with E-state index < -0.39 is 10.0 Å². The van der Waals surface area contributed by atoms with Crippen LogP contribution in [0.1, 0.15) is 30.9 Å². The number of rotatable bonds is 6. The molecule has 1 aromatic heterocycles. The molecule has 1 aromatic rings. The molecule has 0 bridgehead atoms. The van der Waals surface area contributed by atoms with Crippen LogP contribution >= 0.6 is 11.6 Å². The van der Waals surface area contributed by atoms with Gasteiger partial charge in [-0.15, -0.1) is 11.6 Å². The van der Waals surface area contributed by atoms with Gasteiger partial charge < -0.3 is 4.42 Å². The summed E-state index contributed by atoms with van der Waals surface area (Å²) in [6.07, 6.45) is 0.445. The number of hydrogen-bond donors (Lipinski definition) is 1. The Morgan fingerprint density at radius 2 is 2.19 bits per heavy atom. The molecule has 16 heavy (non-hydrogen) atoms. The average Bonchev–Trinajstić information content (AvgIpc) is 2.61. The van der Waals surface area contributed by atoms with Crippen molar-refractivity contribution in [2.75, 3.05) is 11.6 Å². The molecule has 1 N–H and O–H groups in total. The van der Waals surface area contributed by atoms with Crippen LogP contribution < -0.4 is 4.72 Å². The van der Waals surface area contributed by atoms with E-state index in [2.05, 4.69) is 4.72 Å². The predicted octanol–water partition coefficient (Wildman–Crippen LogP) is 2.20. The van der Waals surface area contributed by atoms with Crippen LogP contribution in [0.5, 0.6) is 0 Å². The Morgan fingerprint density at radius 1 is 1.50 bits per heavy atom. The molecule has 1 atom stereocenters. The standard InChI is InChI=1S/C10H16ClNO3S/c1-8-4-5-10(15-8)9(2)12-16(13,14)7-3-6-11/h4-5,9,12H,3,6-7H2,1-2H3. The molecule has 0 aliphatic carbocycles. The first-order valence-corrected chi connectivity index (χ1v) is 7.25. The fraction of sp³-hybridized carbons (Fsp3) is 0.600. The van der Waals surface area contributed by atoms with Gasteiger partial charge in [0.25, 0.3) is 0 Å². The van der Waals surface area contributed by atoms with Crippen molar-refractivity contribution in [3.8, 4) is 0 Å². The van der Waals surface area contributed by atoms with E-state index >= 15 is 0 Å². The van der Waals surface area contributed by atoms with Crippen molar-refractivity contribution >= 4 is 21.6 Å². The molecule has 0 aliphatic rings. The van der Waals surface area contributed by atoms with E-state index in [1.807, 2.05) is 6.92 Å². The molecule has 6 heteroatoms. The van der Waals surface area contributed by atoms with Gasteiger partial charge in [0.2, 0.25) is 10.0 Å². The smallest absolute Gasteiger partial charge is 0.212 e. The van der Waals surface area contributed by atoms with E-state index in [4.69, 9.17) is 16.0 Å². The van der Waals surface area contributed by atoms with Crippen LogP contribution in [0.15, 0.2) is 16.5 Å². The Hall–Kier alpha value is -0.520. The SMILES string of the molecule is Cc1ccc(C(C)NS(=O)(=O)CCCCl)o1. The minimum atomic E-state index is -3.28. The summed E-state index contributed by atoms with van der Waals surface area (Å²) >= 11 is 5.45. The van der Waals surface area contributed by atoms with Crippen LogP contribution in [0.2, 0.25) is 0 Å². The first kappa shape index (κ1) is 13.5. The van der Waals surface area contributed by atoms with Crippen LogP contribution in [0.25, 0.3) is 0 Å². The first-order valence-electron chi connectivity index (χ1n) is 5.07. The van der Waals surface area contributed by atoms with Gasteiger partial charge in [-0.3, -0.25) is 0 Å². The minimum absolute atomic E-state index is 0.0422. The van der Waals surface area contributed by atoms with Gasteiger partial charge in [0.1, 0.15) is 11.5 Å². The topological polar surface area (TPSA) is 59.3 Å². The average molecular weight is 266 g/mol. The summed E-state index contributed by atoms with van der Waals surface area (Å²) in [4.78, 5) is 0. The molecule has 0 saturated heterocycles. The molecule has 1 heterocycles. The third kappa shape index (κ3) is 4.15. The number of furan rings is 1. The van der Waals surface area contributed by atoms with Crippen LogP contribution in [0.3, 0.4) is 0 Å². The molecule has 92 valence electrons. The first-order chi connectivity index (χ1) is 7.44. The van der Waals surface area contributed by atoms with Gasteiger partial charge in [-0.25, -0.2) is 13.1 Å². The van der Waals surface area contributed by atoms with Crippen molar-refractivity contribution in [3.63, 3.8) is 0 Å². The van der Waals surface area contributed by atoms with Gasteiger partial charge in [0, 0.05) is 5.88 Å². The van der Waals surface area contributed by atoms with Gasteiger partial charge in [-0.2, -0.15) is 0 Å². The second-order valence-electron chi connectivity index (χ2n) is 3.65.